The van der Waals surface area contributed by atoms with E-state index >= 15 is 0 Å². The number of amides is 2. The third kappa shape index (κ3) is 3.18. The minimum Gasteiger partial charge on any atom is -0.350 e. The Morgan fingerprint density at radius 3 is 2.79 bits per heavy atom. The second kappa shape index (κ2) is 6.20. The number of hydrogen-bond acceptors (Lipinski definition) is 3. The second-order valence-corrected chi connectivity index (χ2v) is 7.61. The minimum atomic E-state index is -0.0306. The Morgan fingerprint density at radius 2 is 2.04 bits per heavy atom. The van der Waals surface area contributed by atoms with Gasteiger partial charge in [-0.1, -0.05) is 12.1 Å². The Labute approximate surface area is 142 Å². The van der Waals surface area contributed by atoms with Crippen LogP contribution in [-0.2, 0) is 16.0 Å². The van der Waals surface area contributed by atoms with Gasteiger partial charge in [-0.05, 0) is 55.7 Å². The smallest absolute Gasteiger partial charge is 0.228 e. The van der Waals surface area contributed by atoms with Crippen LogP contribution in [0, 0.1) is 5.92 Å². The van der Waals surface area contributed by atoms with Crippen LogP contribution >= 0.6 is 0 Å². The third-order valence-corrected chi connectivity index (χ3v) is 5.68. The summed E-state index contributed by atoms with van der Waals surface area (Å²) in [6.45, 7) is 2.01. The zero-order valence-corrected chi connectivity index (χ0v) is 14.1. The number of nitrogens with one attached hydrogen (secondary N) is 3. The molecule has 3 unspecified atom stereocenters. The number of benzene rings is 1. The molecule has 2 fully saturated rings. The van der Waals surface area contributed by atoms with E-state index in [9.17, 15) is 9.59 Å². The van der Waals surface area contributed by atoms with Gasteiger partial charge >= 0.3 is 0 Å². The van der Waals surface area contributed by atoms with Crippen LogP contribution in [0.3, 0.4) is 0 Å². The van der Waals surface area contributed by atoms with Gasteiger partial charge in [-0.2, -0.15) is 0 Å². The third-order valence-electron chi connectivity index (χ3n) is 5.68. The highest BCUT2D eigenvalue weighted by molar-refractivity contribution is 5.99. The van der Waals surface area contributed by atoms with Crippen molar-refractivity contribution in [1.29, 1.82) is 0 Å². The van der Waals surface area contributed by atoms with Crippen LogP contribution in [-0.4, -0.2) is 23.9 Å². The molecule has 128 valence electrons. The van der Waals surface area contributed by atoms with Crippen molar-refractivity contribution in [1.82, 2.24) is 10.6 Å². The maximum Gasteiger partial charge on any atom is 0.228 e. The van der Waals surface area contributed by atoms with Crippen molar-refractivity contribution in [3.05, 3.63) is 29.3 Å². The minimum absolute atomic E-state index is 0.0306. The molecule has 5 nitrogen and oxygen atoms in total. The van der Waals surface area contributed by atoms with Crippen molar-refractivity contribution in [2.24, 2.45) is 5.92 Å². The Hall–Kier alpha value is -1.88. The van der Waals surface area contributed by atoms with Gasteiger partial charge in [0.15, 0.2) is 0 Å². The van der Waals surface area contributed by atoms with E-state index in [1.165, 1.54) is 12.8 Å². The van der Waals surface area contributed by atoms with Gasteiger partial charge in [0.25, 0.3) is 0 Å². The fourth-order valence-electron chi connectivity index (χ4n) is 4.51. The summed E-state index contributed by atoms with van der Waals surface area (Å²) >= 11 is 0. The molecule has 1 aromatic rings. The van der Waals surface area contributed by atoms with Gasteiger partial charge in [0.2, 0.25) is 11.8 Å². The molecule has 1 aromatic carbocycles. The maximum absolute atomic E-state index is 12.4. The molecule has 3 N–H and O–H groups in total. The molecule has 2 bridgehead atoms. The van der Waals surface area contributed by atoms with E-state index in [1.54, 1.807) is 0 Å². The Balaban J connectivity index is 1.34. The summed E-state index contributed by atoms with van der Waals surface area (Å²) in [5, 5.41) is 9.59. The fraction of sp³-hybridized carbons (Fsp3) is 0.579. The van der Waals surface area contributed by atoms with Gasteiger partial charge in [0.1, 0.15) is 0 Å². The van der Waals surface area contributed by atoms with Crippen LogP contribution in [0.25, 0.3) is 0 Å². The molecule has 4 rings (SSSR count). The molecule has 3 aliphatic rings. The lowest BCUT2D eigenvalue weighted by Crippen LogP contribution is -2.40. The summed E-state index contributed by atoms with van der Waals surface area (Å²) in [5.74, 6) is 0.695. The van der Waals surface area contributed by atoms with Crippen molar-refractivity contribution in [3.8, 4) is 0 Å². The molecule has 0 saturated carbocycles. The number of rotatable bonds is 4. The van der Waals surface area contributed by atoms with Crippen molar-refractivity contribution in [3.63, 3.8) is 0 Å². The molecule has 2 amide bonds. The van der Waals surface area contributed by atoms with E-state index in [4.69, 9.17) is 0 Å². The van der Waals surface area contributed by atoms with Crippen LogP contribution in [0.15, 0.2) is 18.2 Å². The molecule has 3 heterocycles. The van der Waals surface area contributed by atoms with E-state index < -0.39 is 0 Å². The first-order chi connectivity index (χ1) is 11.6. The zero-order valence-electron chi connectivity index (χ0n) is 14.1. The van der Waals surface area contributed by atoms with E-state index in [-0.39, 0.29) is 17.9 Å². The molecule has 3 atom stereocenters. The first-order valence-electron chi connectivity index (χ1n) is 9.05. The Kier molecular flexibility index (Phi) is 4.04. The second-order valence-electron chi connectivity index (χ2n) is 7.61. The van der Waals surface area contributed by atoms with E-state index in [0.29, 0.717) is 30.8 Å². The largest absolute Gasteiger partial charge is 0.350 e. The lowest BCUT2D eigenvalue weighted by molar-refractivity contribution is -0.123. The topological polar surface area (TPSA) is 70.2 Å². The summed E-state index contributed by atoms with van der Waals surface area (Å²) < 4.78 is 0. The summed E-state index contributed by atoms with van der Waals surface area (Å²) in [6.07, 6.45) is 5.85. The maximum atomic E-state index is 12.4. The summed E-state index contributed by atoms with van der Waals surface area (Å²) in [5.41, 5.74) is 2.98. The molecule has 0 radical (unpaired) electrons. The first kappa shape index (κ1) is 15.6. The first-order valence-corrected chi connectivity index (χ1v) is 9.05. The van der Waals surface area contributed by atoms with Crippen molar-refractivity contribution >= 4 is 17.5 Å². The molecule has 0 aliphatic carbocycles. The van der Waals surface area contributed by atoms with E-state index in [1.807, 2.05) is 25.1 Å². The van der Waals surface area contributed by atoms with Crippen LogP contribution in [0.5, 0.6) is 0 Å². The number of piperidine rings is 1. The highest BCUT2D eigenvalue weighted by Gasteiger charge is 2.34. The highest BCUT2D eigenvalue weighted by atomic mass is 16.2. The standard InChI is InChI=1S/C19H25N3O2/c1-11(13-2-5-17-14(9-13)10-19(24)22-17)20-18(23)8-12-6-15-3-4-16(7-12)21-15/h2,5,9,11-12,15-16,21H,3-4,6-8,10H2,1H3,(H,20,23)(H,22,24). The fourth-order valence-corrected chi connectivity index (χ4v) is 4.51. The van der Waals surface area contributed by atoms with Crippen LogP contribution in [0.2, 0.25) is 0 Å². The van der Waals surface area contributed by atoms with Crippen molar-refractivity contribution < 1.29 is 9.59 Å². The van der Waals surface area contributed by atoms with Crippen molar-refractivity contribution in [2.75, 3.05) is 5.32 Å². The van der Waals surface area contributed by atoms with Gasteiger partial charge in [-0.25, -0.2) is 0 Å². The number of hydrogen-bond donors (Lipinski definition) is 3. The average Bonchev–Trinajstić information content (AvgIpc) is 3.07. The van der Waals surface area contributed by atoms with E-state index in [0.717, 1.165) is 29.7 Å². The monoisotopic (exact) mass is 327 g/mol. The van der Waals surface area contributed by atoms with Crippen LogP contribution < -0.4 is 16.0 Å². The number of carbonyl (C=O) groups excluding carboxylic acids is 2. The van der Waals surface area contributed by atoms with Gasteiger partial charge < -0.3 is 16.0 Å². The van der Waals surface area contributed by atoms with E-state index in [2.05, 4.69) is 16.0 Å². The van der Waals surface area contributed by atoms with Crippen molar-refractivity contribution in [2.45, 2.75) is 63.6 Å². The summed E-state index contributed by atoms with van der Waals surface area (Å²) in [4.78, 5) is 23.9. The van der Waals surface area contributed by atoms with Gasteiger partial charge in [-0.15, -0.1) is 0 Å². The van der Waals surface area contributed by atoms with Crippen LogP contribution in [0.4, 0.5) is 5.69 Å². The number of fused-ring (bicyclic) bond motifs is 3. The van der Waals surface area contributed by atoms with Gasteiger partial charge in [0, 0.05) is 24.2 Å². The molecule has 2 saturated heterocycles. The number of carbonyl (C=O) groups is 2. The molecular weight excluding hydrogens is 302 g/mol. The lowest BCUT2D eigenvalue weighted by atomic mass is 9.89. The molecule has 5 heteroatoms. The predicted molar refractivity (Wildman–Crippen MR) is 92.6 cm³/mol. The average molecular weight is 327 g/mol. The molecule has 0 spiro atoms. The highest BCUT2D eigenvalue weighted by Crippen LogP contribution is 2.33. The quantitative estimate of drug-likeness (QED) is 0.794. The Bertz CT molecular complexity index is 661. The molecular formula is C19H25N3O2. The summed E-state index contributed by atoms with van der Waals surface area (Å²) in [7, 11) is 0. The molecule has 3 aliphatic heterocycles. The van der Waals surface area contributed by atoms with Crippen LogP contribution in [0.1, 0.15) is 56.2 Å². The Morgan fingerprint density at radius 1 is 1.29 bits per heavy atom. The normalized spacial score (nSPS) is 29.0. The van der Waals surface area contributed by atoms with Gasteiger partial charge in [-0.3, -0.25) is 9.59 Å². The SMILES string of the molecule is CC(NC(=O)CC1CC2CCC(C1)N2)c1ccc2c(c1)CC(=O)N2. The molecule has 24 heavy (non-hydrogen) atoms. The van der Waals surface area contributed by atoms with Gasteiger partial charge in [0.05, 0.1) is 12.5 Å². The summed E-state index contributed by atoms with van der Waals surface area (Å²) in [6, 6.07) is 7.17. The predicted octanol–water partition coefficient (Wildman–Crippen LogP) is 2.28. The number of anilines is 1. The molecule has 0 aromatic heterocycles. The zero-order chi connectivity index (χ0) is 16.7. The lowest BCUT2D eigenvalue weighted by Gasteiger charge is -2.29.